The lowest BCUT2D eigenvalue weighted by Gasteiger charge is -2.06. The van der Waals surface area contributed by atoms with Gasteiger partial charge in [0.25, 0.3) is 5.91 Å². The van der Waals surface area contributed by atoms with E-state index in [9.17, 15) is 4.79 Å². The standard InChI is InChI=1S/C18H16N4O2S2/c1-24-14-5-2-4-12(10-14)17(23)19-8-7-13-11-26-18-20-16(21-22(13)18)15-6-3-9-25-15/h2-6,9-11H,7-8H2,1H3,(H,19,23). The molecule has 3 heterocycles. The number of thiophene rings is 1. The maximum atomic E-state index is 12.3. The van der Waals surface area contributed by atoms with E-state index in [0.717, 1.165) is 21.4 Å². The summed E-state index contributed by atoms with van der Waals surface area (Å²) in [5, 5.41) is 11.6. The second-order valence-corrected chi connectivity index (χ2v) is 7.36. The Hall–Kier alpha value is -2.71. The highest BCUT2D eigenvalue weighted by Crippen LogP contribution is 2.24. The summed E-state index contributed by atoms with van der Waals surface area (Å²) in [6.45, 7) is 0.524. The van der Waals surface area contributed by atoms with Gasteiger partial charge in [0.1, 0.15) is 5.75 Å². The third-order valence-corrected chi connectivity index (χ3v) is 5.62. The summed E-state index contributed by atoms with van der Waals surface area (Å²) in [6.07, 6.45) is 0.683. The molecule has 0 saturated heterocycles. The molecule has 1 N–H and O–H groups in total. The van der Waals surface area contributed by atoms with Crippen LogP contribution >= 0.6 is 22.7 Å². The predicted octanol–water partition coefficient (Wildman–Crippen LogP) is 3.50. The molecule has 0 aliphatic rings. The monoisotopic (exact) mass is 384 g/mol. The normalized spacial score (nSPS) is 11.0. The number of nitrogens with one attached hydrogen (secondary N) is 1. The van der Waals surface area contributed by atoms with Gasteiger partial charge in [-0.25, -0.2) is 4.52 Å². The number of ether oxygens (including phenoxy) is 1. The number of hydrogen-bond donors (Lipinski definition) is 1. The molecule has 0 aliphatic heterocycles. The number of nitrogens with zero attached hydrogens (tertiary/aromatic N) is 3. The summed E-state index contributed by atoms with van der Waals surface area (Å²) in [7, 11) is 1.58. The van der Waals surface area contributed by atoms with E-state index in [-0.39, 0.29) is 5.91 Å². The summed E-state index contributed by atoms with van der Waals surface area (Å²) >= 11 is 3.18. The van der Waals surface area contributed by atoms with E-state index in [1.807, 2.05) is 33.5 Å². The number of rotatable bonds is 6. The van der Waals surface area contributed by atoms with Crippen LogP contribution in [0.1, 0.15) is 16.1 Å². The number of aromatic nitrogens is 3. The van der Waals surface area contributed by atoms with E-state index < -0.39 is 0 Å². The fraction of sp³-hybridized carbons (Fsp3) is 0.167. The minimum atomic E-state index is -0.117. The Labute approximate surface area is 158 Å². The molecular weight excluding hydrogens is 368 g/mol. The molecular formula is C18H16N4O2S2. The summed E-state index contributed by atoms with van der Waals surface area (Å²) in [5.74, 6) is 1.29. The van der Waals surface area contributed by atoms with Crippen LogP contribution in [-0.4, -0.2) is 34.2 Å². The van der Waals surface area contributed by atoms with Gasteiger partial charge in [-0.15, -0.1) is 27.8 Å². The van der Waals surface area contributed by atoms with Crippen LogP contribution in [-0.2, 0) is 6.42 Å². The zero-order chi connectivity index (χ0) is 17.9. The number of methoxy groups -OCH3 is 1. The third kappa shape index (κ3) is 3.33. The second-order valence-electron chi connectivity index (χ2n) is 5.57. The van der Waals surface area contributed by atoms with Gasteiger partial charge < -0.3 is 10.1 Å². The van der Waals surface area contributed by atoms with Crippen molar-refractivity contribution in [3.05, 3.63) is 58.4 Å². The van der Waals surface area contributed by atoms with Gasteiger partial charge >= 0.3 is 0 Å². The first-order chi connectivity index (χ1) is 12.7. The molecule has 26 heavy (non-hydrogen) atoms. The fourth-order valence-electron chi connectivity index (χ4n) is 2.58. The van der Waals surface area contributed by atoms with Crippen LogP contribution < -0.4 is 10.1 Å². The van der Waals surface area contributed by atoms with Crippen LogP contribution in [0, 0.1) is 0 Å². The van der Waals surface area contributed by atoms with Crippen molar-refractivity contribution in [1.82, 2.24) is 19.9 Å². The smallest absolute Gasteiger partial charge is 0.251 e. The van der Waals surface area contributed by atoms with Gasteiger partial charge in [-0.2, -0.15) is 4.98 Å². The van der Waals surface area contributed by atoms with Crippen molar-refractivity contribution in [2.75, 3.05) is 13.7 Å². The van der Waals surface area contributed by atoms with Crippen molar-refractivity contribution in [1.29, 1.82) is 0 Å². The minimum absolute atomic E-state index is 0.117. The van der Waals surface area contributed by atoms with E-state index in [0.29, 0.717) is 24.3 Å². The minimum Gasteiger partial charge on any atom is -0.497 e. The molecule has 6 nitrogen and oxygen atoms in total. The third-order valence-electron chi connectivity index (χ3n) is 3.89. The van der Waals surface area contributed by atoms with Crippen LogP contribution in [0.15, 0.2) is 47.2 Å². The van der Waals surface area contributed by atoms with Gasteiger partial charge in [-0.1, -0.05) is 12.1 Å². The molecule has 1 aromatic carbocycles. The lowest BCUT2D eigenvalue weighted by atomic mass is 10.2. The summed E-state index contributed by atoms with van der Waals surface area (Å²) in [5.41, 5.74) is 1.62. The van der Waals surface area contributed by atoms with Crippen LogP contribution in [0.3, 0.4) is 0 Å². The lowest BCUT2D eigenvalue weighted by molar-refractivity contribution is 0.0953. The Morgan fingerprint density at radius 3 is 3.00 bits per heavy atom. The Balaban J connectivity index is 1.42. The maximum Gasteiger partial charge on any atom is 0.251 e. The number of hydrogen-bond acceptors (Lipinski definition) is 6. The molecule has 1 amide bonds. The van der Waals surface area contributed by atoms with Gasteiger partial charge in [0.2, 0.25) is 4.96 Å². The first kappa shape index (κ1) is 16.7. The Morgan fingerprint density at radius 1 is 1.27 bits per heavy atom. The second kappa shape index (κ2) is 7.27. The van der Waals surface area contributed by atoms with Gasteiger partial charge in [0.05, 0.1) is 17.7 Å². The van der Waals surface area contributed by atoms with E-state index >= 15 is 0 Å². The summed E-state index contributed by atoms with van der Waals surface area (Å²) in [6, 6.07) is 11.1. The van der Waals surface area contributed by atoms with Gasteiger partial charge in [0, 0.05) is 23.9 Å². The van der Waals surface area contributed by atoms with E-state index in [1.54, 1.807) is 48.0 Å². The molecule has 0 atom stereocenters. The molecule has 0 spiro atoms. The van der Waals surface area contributed by atoms with Crippen molar-refractivity contribution in [3.8, 4) is 16.5 Å². The molecule has 0 fully saturated rings. The summed E-state index contributed by atoms with van der Waals surface area (Å²) in [4.78, 5) is 18.7. The lowest BCUT2D eigenvalue weighted by Crippen LogP contribution is -2.26. The van der Waals surface area contributed by atoms with Crippen molar-refractivity contribution in [3.63, 3.8) is 0 Å². The van der Waals surface area contributed by atoms with Gasteiger partial charge in [0.15, 0.2) is 5.82 Å². The van der Waals surface area contributed by atoms with E-state index in [1.165, 1.54) is 0 Å². The molecule has 8 heteroatoms. The summed E-state index contributed by atoms with van der Waals surface area (Å²) < 4.78 is 7.01. The SMILES string of the molecule is COc1cccc(C(=O)NCCc2csc3nc(-c4cccs4)nn23)c1. The number of benzene rings is 1. The molecule has 132 valence electrons. The van der Waals surface area contributed by atoms with Gasteiger partial charge in [-0.3, -0.25) is 4.79 Å². The molecule has 0 saturated carbocycles. The quantitative estimate of drug-likeness (QED) is 0.552. The maximum absolute atomic E-state index is 12.3. The number of amides is 1. The van der Waals surface area contributed by atoms with Crippen molar-refractivity contribution >= 4 is 33.5 Å². The largest absolute Gasteiger partial charge is 0.497 e. The molecule has 0 radical (unpaired) electrons. The van der Waals surface area contributed by atoms with Crippen molar-refractivity contribution < 1.29 is 9.53 Å². The van der Waals surface area contributed by atoms with E-state index in [4.69, 9.17) is 4.74 Å². The highest BCUT2D eigenvalue weighted by Gasteiger charge is 2.12. The number of carbonyl (C=O) groups is 1. The number of fused-ring (bicyclic) bond motifs is 1. The molecule has 0 aliphatic carbocycles. The van der Waals surface area contributed by atoms with Crippen LogP contribution in [0.5, 0.6) is 5.75 Å². The van der Waals surface area contributed by atoms with Crippen LogP contribution in [0.2, 0.25) is 0 Å². The number of thiazole rings is 1. The Bertz CT molecular complexity index is 1040. The molecule has 4 aromatic rings. The Morgan fingerprint density at radius 2 is 2.19 bits per heavy atom. The van der Waals surface area contributed by atoms with Crippen LogP contribution in [0.25, 0.3) is 15.7 Å². The number of carbonyl (C=O) groups excluding carboxylic acids is 1. The molecule has 4 rings (SSSR count). The van der Waals surface area contributed by atoms with E-state index in [2.05, 4.69) is 15.4 Å². The highest BCUT2D eigenvalue weighted by molar-refractivity contribution is 7.15. The van der Waals surface area contributed by atoms with Gasteiger partial charge in [-0.05, 0) is 29.6 Å². The van der Waals surface area contributed by atoms with Crippen molar-refractivity contribution in [2.45, 2.75) is 6.42 Å². The Kier molecular flexibility index (Phi) is 4.68. The highest BCUT2D eigenvalue weighted by atomic mass is 32.1. The topological polar surface area (TPSA) is 68.5 Å². The first-order valence-electron chi connectivity index (χ1n) is 8.04. The molecule has 0 bridgehead atoms. The average molecular weight is 384 g/mol. The first-order valence-corrected chi connectivity index (χ1v) is 9.80. The van der Waals surface area contributed by atoms with Crippen molar-refractivity contribution in [2.24, 2.45) is 0 Å². The predicted molar refractivity (Wildman–Crippen MR) is 103 cm³/mol. The molecule has 0 unspecified atom stereocenters. The zero-order valence-electron chi connectivity index (χ0n) is 14.0. The fourth-order valence-corrected chi connectivity index (χ4v) is 4.09. The molecule has 3 aromatic heterocycles. The average Bonchev–Trinajstić information content (AvgIpc) is 3.39. The van der Waals surface area contributed by atoms with Crippen LogP contribution in [0.4, 0.5) is 0 Å². The zero-order valence-corrected chi connectivity index (χ0v) is 15.6.